The van der Waals surface area contributed by atoms with E-state index in [2.05, 4.69) is 87.2 Å². The van der Waals surface area contributed by atoms with Gasteiger partial charge in [-0.15, -0.1) is 20.4 Å². The molecule has 123 heavy (non-hydrogen) atoms. The highest BCUT2D eigenvalue weighted by molar-refractivity contribution is 5.97. The van der Waals surface area contributed by atoms with Crippen molar-refractivity contribution < 1.29 is 66.5 Å². The van der Waals surface area contributed by atoms with Crippen molar-refractivity contribution in [2.45, 2.75) is 258 Å². The summed E-state index contributed by atoms with van der Waals surface area (Å²) in [5, 5.41) is 56.3. The summed E-state index contributed by atoms with van der Waals surface area (Å²) >= 11 is 0. The zero-order valence-electron chi connectivity index (χ0n) is 70.8. The molecule has 12 fully saturated rings. The number of fused-ring (bicyclic) bond motifs is 4. The number of aromatic nitrogens is 12. The van der Waals surface area contributed by atoms with Gasteiger partial charge in [-0.1, -0.05) is 174 Å². The molecule has 654 valence electrons. The smallest absolute Gasteiger partial charge is 0.251 e. The van der Waals surface area contributed by atoms with Crippen molar-refractivity contribution in [1.29, 1.82) is 5.26 Å². The van der Waals surface area contributed by atoms with E-state index >= 15 is 0 Å². The van der Waals surface area contributed by atoms with E-state index in [-0.39, 0.29) is 121 Å². The molecule has 4 aromatic carbocycles. The molecule has 16 unspecified atom stereocenters. The molecule has 4 N–H and O–H groups in total. The zero-order chi connectivity index (χ0) is 84.1. The standard InChI is InChI=1S/C23H27N5O3.2C23H30N4O4.C23H30N4O3/c24-11-16-6-8-17(9-7-16)23(29)25-19-13-30-22-20(14-31-21(19)22)28-12-18(26-27-28)10-15-4-2-1-3-5-15;1-29-18-9-5-8-16(11-18)23(28)24-19-13-30-22-20(14-31-21(19)22)27-12-17(25-26-27)10-15-6-3-2-4-7-15;1-29-18-9-7-16(8-10-18)23(28)24-19-13-30-22-20(14-31-21(19)22)27-12-17(25-26-27)11-15-5-3-2-4-6-15;1-15-7-5-6-10-18(15)23(28)24-19-13-29-22-20(14-30-21(19)22)27-12-17(25-26-27)11-16-8-3-2-4-9-16/h6-9,12,15,19-22H,1-5,10,13-14H2,(H,25,29);5,8-9,11-12,15,19-22H,2-4,6-7,10,13-14H2,1H3,(H,24,28);7-10,12,15,19-22H,2-6,11,13-14H2,1H3,(H,24,28);5-7,10,12,16,19-22H,2-4,8-9,11,13-14H2,1H3,(H,24,28). The van der Waals surface area contributed by atoms with Crippen LogP contribution in [0.3, 0.4) is 0 Å². The van der Waals surface area contributed by atoms with Gasteiger partial charge >= 0.3 is 0 Å². The predicted octanol–water partition coefficient (Wildman–Crippen LogP) is 10.4. The molecule has 0 spiro atoms. The van der Waals surface area contributed by atoms with Crippen LogP contribution < -0.4 is 30.7 Å². The number of carbonyl (C=O) groups is 4. The molecular weight excluding hydrogens is 1570 g/mol. The highest BCUT2D eigenvalue weighted by atomic mass is 16.6. The molecule has 4 aromatic heterocycles. The molecule has 4 amide bonds. The van der Waals surface area contributed by atoms with Crippen molar-refractivity contribution in [3.8, 4) is 17.6 Å². The Hall–Kier alpha value is -9.91. The first kappa shape index (κ1) is 85.3. The van der Waals surface area contributed by atoms with Gasteiger partial charge in [0.2, 0.25) is 0 Å². The minimum absolute atomic E-state index is 0.00275. The van der Waals surface area contributed by atoms with Crippen molar-refractivity contribution >= 4 is 23.6 Å². The largest absolute Gasteiger partial charge is 0.497 e. The third kappa shape index (κ3) is 20.6. The Morgan fingerprint density at radius 3 is 1.02 bits per heavy atom. The first-order valence-corrected chi connectivity index (χ1v) is 44.9. The Bertz CT molecular complexity index is 4850. The number of benzene rings is 4. The van der Waals surface area contributed by atoms with E-state index in [0.29, 0.717) is 86.4 Å². The minimum Gasteiger partial charge on any atom is -0.497 e. The monoisotopic (exact) mass is 1680 g/mol. The van der Waals surface area contributed by atoms with E-state index < -0.39 is 0 Å². The summed E-state index contributed by atoms with van der Waals surface area (Å²) < 4.78 is 66.3. The highest BCUT2D eigenvalue weighted by Crippen LogP contribution is 2.41. The van der Waals surface area contributed by atoms with Crippen LogP contribution in [-0.2, 0) is 63.6 Å². The van der Waals surface area contributed by atoms with Crippen molar-refractivity contribution in [1.82, 2.24) is 81.2 Å². The Labute approximate surface area is 717 Å². The van der Waals surface area contributed by atoms with E-state index in [9.17, 15) is 19.2 Å². The van der Waals surface area contributed by atoms with Gasteiger partial charge in [-0.25, -0.2) is 18.7 Å². The molecule has 12 heterocycles. The number of nitrogens with one attached hydrogen (secondary N) is 4. The zero-order valence-corrected chi connectivity index (χ0v) is 70.8. The second-order valence-electron chi connectivity index (χ2n) is 35.5. The Kier molecular flexibility index (Phi) is 28.0. The van der Waals surface area contributed by atoms with E-state index in [1.165, 1.54) is 128 Å². The summed E-state index contributed by atoms with van der Waals surface area (Å²) in [6, 6.07) is 29.6. The highest BCUT2D eigenvalue weighted by Gasteiger charge is 2.54. The average molecular weight is 1690 g/mol. The van der Waals surface area contributed by atoms with Crippen LogP contribution in [0.4, 0.5) is 0 Å². The van der Waals surface area contributed by atoms with Crippen LogP contribution in [0, 0.1) is 41.9 Å². The maximum atomic E-state index is 12.7. The molecule has 8 saturated heterocycles. The van der Waals surface area contributed by atoms with Crippen molar-refractivity contribution in [2.75, 3.05) is 67.1 Å². The number of rotatable bonds is 22. The maximum Gasteiger partial charge on any atom is 0.251 e. The molecule has 12 aliphatic rings. The van der Waals surface area contributed by atoms with Crippen molar-refractivity contribution in [2.24, 2.45) is 23.7 Å². The topological polar surface area (TPSA) is 355 Å². The van der Waals surface area contributed by atoms with Crippen LogP contribution in [0.25, 0.3) is 0 Å². The van der Waals surface area contributed by atoms with E-state index in [0.717, 1.165) is 83.4 Å². The van der Waals surface area contributed by atoms with Gasteiger partial charge in [0, 0.05) is 47.0 Å². The third-order valence-electron chi connectivity index (χ3n) is 27.2. The Morgan fingerprint density at radius 2 is 0.683 bits per heavy atom. The summed E-state index contributed by atoms with van der Waals surface area (Å²) in [4.78, 5) is 50.6. The fourth-order valence-corrected chi connectivity index (χ4v) is 20.4. The van der Waals surface area contributed by atoms with Crippen LogP contribution in [0.1, 0.15) is 228 Å². The number of amides is 4. The SMILES string of the molecule is COc1ccc(C(=O)NC2COC3C2OCC3n2cc(CC3CCCCC3)nn2)cc1.COc1cccc(C(=O)NC2COC3C2OCC3n2cc(CC3CCCCC3)nn2)c1.Cc1ccccc1C(=O)NC1COC2C1OCC2n1cc(CC2CCCCC2)nn1.N#Cc1ccc(C(=O)NC2COC3C2OCC3n2cc(CC3CCCCC3)nn2)cc1. The molecule has 31 heteroatoms. The van der Waals surface area contributed by atoms with Gasteiger partial charge < -0.3 is 68.6 Å². The summed E-state index contributed by atoms with van der Waals surface area (Å²) in [7, 11) is 3.19. The number of hydrogen-bond acceptors (Lipinski definition) is 23. The second-order valence-corrected chi connectivity index (χ2v) is 35.5. The summed E-state index contributed by atoms with van der Waals surface area (Å²) in [6.07, 6.45) is 37.4. The maximum absolute atomic E-state index is 12.7. The first-order valence-electron chi connectivity index (χ1n) is 44.9. The lowest BCUT2D eigenvalue weighted by Gasteiger charge is -2.20. The number of nitrogens with zero attached hydrogens (tertiary/aromatic N) is 13. The summed E-state index contributed by atoms with van der Waals surface area (Å²) in [5.41, 5.74) is 8.05. The van der Waals surface area contributed by atoms with E-state index in [1.54, 1.807) is 80.9 Å². The van der Waals surface area contributed by atoms with Gasteiger partial charge in [0.1, 0.15) is 84.5 Å². The van der Waals surface area contributed by atoms with Crippen LogP contribution >= 0.6 is 0 Å². The molecule has 4 aliphatic carbocycles. The van der Waals surface area contributed by atoms with Crippen LogP contribution in [0.15, 0.2) is 122 Å². The second kappa shape index (κ2) is 40.4. The molecule has 31 nitrogen and oxygen atoms in total. The third-order valence-corrected chi connectivity index (χ3v) is 27.2. The van der Waals surface area contributed by atoms with Crippen LogP contribution in [-0.4, -0.2) is 224 Å². The van der Waals surface area contributed by atoms with Crippen molar-refractivity contribution in [3.05, 3.63) is 178 Å². The number of nitriles is 1. The van der Waals surface area contributed by atoms with Gasteiger partial charge in [0.05, 0.1) is 126 Å². The molecule has 16 atom stereocenters. The van der Waals surface area contributed by atoms with Crippen LogP contribution in [0.2, 0.25) is 0 Å². The van der Waals surface area contributed by atoms with Gasteiger partial charge in [0.15, 0.2) is 0 Å². The normalized spacial score (nSPS) is 28.5. The molecule has 0 bridgehead atoms. The molecule has 8 aliphatic heterocycles. The fourth-order valence-electron chi connectivity index (χ4n) is 20.4. The fraction of sp³-hybridized carbons (Fsp3) is 0.598. The molecule has 20 rings (SSSR count). The molecule has 8 aromatic rings. The average Bonchev–Trinajstić information content (AvgIpc) is 1.64. The predicted molar refractivity (Wildman–Crippen MR) is 449 cm³/mol. The minimum atomic E-state index is -0.219. The van der Waals surface area contributed by atoms with Gasteiger partial charge in [-0.05, 0) is 135 Å². The number of methoxy groups -OCH3 is 2. The van der Waals surface area contributed by atoms with E-state index in [1.807, 2.05) is 62.2 Å². The lowest BCUT2D eigenvalue weighted by molar-refractivity contribution is 0.0613. The van der Waals surface area contributed by atoms with Gasteiger partial charge in [-0.2, -0.15) is 5.26 Å². The molecule has 4 saturated carbocycles. The van der Waals surface area contributed by atoms with Gasteiger partial charge in [0.25, 0.3) is 23.6 Å². The molecular formula is C92H117N17O14. The Balaban J connectivity index is 0.000000116. The van der Waals surface area contributed by atoms with Crippen molar-refractivity contribution in [3.63, 3.8) is 0 Å². The van der Waals surface area contributed by atoms with Crippen LogP contribution in [0.5, 0.6) is 11.5 Å². The lowest BCUT2D eigenvalue weighted by atomic mass is 9.86. The number of hydrogen-bond donors (Lipinski definition) is 4. The van der Waals surface area contributed by atoms with Gasteiger partial charge in [-0.3, -0.25) is 19.2 Å². The summed E-state index contributed by atoms with van der Waals surface area (Å²) in [5.74, 6) is 3.72. The quantitative estimate of drug-likeness (QED) is 0.0490. The summed E-state index contributed by atoms with van der Waals surface area (Å²) in [6.45, 7) is 5.68. The number of ether oxygens (including phenoxy) is 10. The van der Waals surface area contributed by atoms with E-state index in [4.69, 9.17) is 52.6 Å². The number of aryl methyl sites for hydroxylation is 1. The molecule has 0 radical (unpaired) electrons. The Morgan fingerprint density at radius 1 is 0.366 bits per heavy atom. The first-order chi connectivity index (χ1) is 60.3. The number of carbonyl (C=O) groups excluding carboxylic acids is 4. The lowest BCUT2D eigenvalue weighted by Crippen LogP contribution is -2.44.